The lowest BCUT2D eigenvalue weighted by Crippen LogP contribution is -2.09. The van der Waals surface area contributed by atoms with Gasteiger partial charge in [-0.1, -0.05) is 6.07 Å². The smallest absolute Gasteiger partial charge is 0.339 e. The third-order valence-electron chi connectivity index (χ3n) is 1.96. The molecule has 0 aliphatic rings. The van der Waals surface area contributed by atoms with Crippen LogP contribution in [-0.2, 0) is 11.3 Å². The third kappa shape index (κ3) is 1.95. The molecule has 78 valence electrons. The number of rotatable bonds is 2. The zero-order valence-corrected chi connectivity index (χ0v) is 8.08. The molecule has 0 saturated heterocycles. The lowest BCUT2D eigenvalue weighted by Gasteiger charge is -2.05. The SMILES string of the molecule is COC(=O)c1ccc(CN)c(F)c1C#N. The Balaban J connectivity index is 3.39. The van der Waals surface area contributed by atoms with Gasteiger partial charge in [-0.3, -0.25) is 0 Å². The van der Waals surface area contributed by atoms with E-state index in [9.17, 15) is 9.18 Å². The molecule has 0 unspecified atom stereocenters. The summed E-state index contributed by atoms with van der Waals surface area (Å²) in [5.74, 6) is -1.50. The van der Waals surface area contributed by atoms with Crippen molar-refractivity contribution in [1.82, 2.24) is 0 Å². The van der Waals surface area contributed by atoms with Gasteiger partial charge in [0.2, 0.25) is 0 Å². The maximum atomic E-state index is 13.5. The van der Waals surface area contributed by atoms with Crippen molar-refractivity contribution in [3.8, 4) is 6.07 Å². The van der Waals surface area contributed by atoms with Crippen LogP contribution in [0, 0.1) is 17.1 Å². The van der Waals surface area contributed by atoms with Gasteiger partial charge in [0, 0.05) is 12.1 Å². The van der Waals surface area contributed by atoms with E-state index in [2.05, 4.69) is 4.74 Å². The van der Waals surface area contributed by atoms with Crippen molar-refractivity contribution in [2.24, 2.45) is 5.73 Å². The van der Waals surface area contributed by atoms with Crippen molar-refractivity contribution in [3.63, 3.8) is 0 Å². The largest absolute Gasteiger partial charge is 0.465 e. The molecule has 0 saturated carbocycles. The van der Waals surface area contributed by atoms with Crippen LogP contribution in [0.15, 0.2) is 12.1 Å². The first-order chi connectivity index (χ1) is 7.15. The maximum Gasteiger partial charge on any atom is 0.339 e. The van der Waals surface area contributed by atoms with Crippen LogP contribution >= 0.6 is 0 Å². The molecular formula is C10H9FN2O2. The molecule has 1 rings (SSSR count). The number of nitriles is 1. The van der Waals surface area contributed by atoms with Crippen molar-refractivity contribution in [2.45, 2.75) is 6.54 Å². The van der Waals surface area contributed by atoms with Crippen LogP contribution in [0.2, 0.25) is 0 Å². The van der Waals surface area contributed by atoms with Crippen molar-refractivity contribution >= 4 is 5.97 Å². The number of ether oxygens (including phenoxy) is 1. The van der Waals surface area contributed by atoms with Crippen LogP contribution in [-0.4, -0.2) is 13.1 Å². The van der Waals surface area contributed by atoms with E-state index in [1.165, 1.54) is 12.1 Å². The van der Waals surface area contributed by atoms with E-state index in [1.54, 1.807) is 6.07 Å². The number of nitrogens with zero attached hydrogens (tertiary/aromatic N) is 1. The summed E-state index contributed by atoms with van der Waals surface area (Å²) in [5.41, 5.74) is 5.04. The average molecular weight is 208 g/mol. The molecule has 4 nitrogen and oxygen atoms in total. The Hall–Kier alpha value is -1.93. The highest BCUT2D eigenvalue weighted by Gasteiger charge is 2.17. The van der Waals surface area contributed by atoms with Gasteiger partial charge in [-0.2, -0.15) is 5.26 Å². The predicted octanol–water partition coefficient (Wildman–Crippen LogP) is 0.943. The van der Waals surface area contributed by atoms with Crippen LogP contribution in [0.1, 0.15) is 21.5 Å². The fourth-order valence-corrected chi connectivity index (χ4v) is 1.17. The molecule has 0 atom stereocenters. The molecule has 0 aliphatic carbocycles. The molecular weight excluding hydrogens is 199 g/mol. The number of carbonyl (C=O) groups is 1. The molecule has 0 fully saturated rings. The summed E-state index contributed by atoms with van der Waals surface area (Å²) in [5, 5.41) is 8.73. The van der Waals surface area contributed by atoms with Gasteiger partial charge < -0.3 is 10.5 Å². The zero-order chi connectivity index (χ0) is 11.4. The van der Waals surface area contributed by atoms with Crippen LogP contribution in [0.3, 0.4) is 0 Å². The van der Waals surface area contributed by atoms with Crippen molar-refractivity contribution in [2.75, 3.05) is 7.11 Å². The average Bonchev–Trinajstić information content (AvgIpc) is 2.27. The Morgan fingerprint density at radius 3 is 2.80 bits per heavy atom. The summed E-state index contributed by atoms with van der Waals surface area (Å²) in [6.45, 7) is -0.0258. The fourth-order valence-electron chi connectivity index (χ4n) is 1.17. The topological polar surface area (TPSA) is 76.1 Å². The molecule has 0 radical (unpaired) electrons. The van der Waals surface area contributed by atoms with Gasteiger partial charge in [0.05, 0.1) is 12.7 Å². The van der Waals surface area contributed by atoms with Crippen LogP contribution in [0.5, 0.6) is 0 Å². The fraction of sp³-hybridized carbons (Fsp3) is 0.200. The van der Waals surface area contributed by atoms with E-state index in [1.807, 2.05) is 0 Å². The zero-order valence-electron chi connectivity index (χ0n) is 8.08. The van der Waals surface area contributed by atoms with Crippen molar-refractivity contribution in [3.05, 3.63) is 34.6 Å². The molecule has 0 aliphatic heterocycles. The monoisotopic (exact) mass is 208 g/mol. The normalized spacial score (nSPS) is 9.47. The molecule has 0 aromatic heterocycles. The number of carbonyl (C=O) groups excluding carboxylic acids is 1. The second kappa shape index (κ2) is 4.53. The maximum absolute atomic E-state index is 13.5. The first kappa shape index (κ1) is 11.1. The molecule has 15 heavy (non-hydrogen) atoms. The highest BCUT2D eigenvalue weighted by Crippen LogP contribution is 2.17. The van der Waals surface area contributed by atoms with Crippen LogP contribution in [0.4, 0.5) is 4.39 Å². The molecule has 2 N–H and O–H groups in total. The Morgan fingerprint density at radius 1 is 1.67 bits per heavy atom. The molecule has 5 heteroatoms. The number of esters is 1. The van der Waals surface area contributed by atoms with E-state index in [0.29, 0.717) is 0 Å². The number of halogens is 1. The summed E-state index contributed by atoms with van der Waals surface area (Å²) < 4.78 is 17.9. The van der Waals surface area contributed by atoms with Gasteiger partial charge in [-0.15, -0.1) is 0 Å². The molecule has 0 spiro atoms. The van der Waals surface area contributed by atoms with Crippen LogP contribution in [0.25, 0.3) is 0 Å². The van der Waals surface area contributed by atoms with Crippen molar-refractivity contribution in [1.29, 1.82) is 5.26 Å². The summed E-state index contributed by atoms with van der Waals surface area (Å²) in [6, 6.07) is 4.31. The quantitative estimate of drug-likeness (QED) is 0.734. The first-order valence-electron chi connectivity index (χ1n) is 4.15. The third-order valence-corrected chi connectivity index (χ3v) is 1.96. The lowest BCUT2D eigenvalue weighted by atomic mass is 10.0. The standard InChI is InChI=1S/C10H9FN2O2/c1-15-10(14)7-3-2-6(4-12)9(11)8(7)5-13/h2-3H,4,12H2,1H3. The van der Waals surface area contributed by atoms with E-state index >= 15 is 0 Å². The number of methoxy groups -OCH3 is 1. The van der Waals surface area contributed by atoms with Crippen molar-refractivity contribution < 1.29 is 13.9 Å². The predicted molar refractivity (Wildman–Crippen MR) is 50.3 cm³/mol. The van der Waals surface area contributed by atoms with Gasteiger partial charge in [-0.25, -0.2) is 9.18 Å². The second-order valence-electron chi connectivity index (χ2n) is 2.77. The number of hydrogen-bond acceptors (Lipinski definition) is 4. The Kier molecular flexibility index (Phi) is 3.37. The Bertz CT molecular complexity index is 438. The summed E-state index contributed by atoms with van der Waals surface area (Å²) in [7, 11) is 1.16. The minimum absolute atomic E-state index is 0.0258. The van der Waals surface area contributed by atoms with Gasteiger partial charge in [-0.05, 0) is 6.07 Å². The Labute approximate surface area is 86.1 Å². The Morgan fingerprint density at radius 2 is 2.33 bits per heavy atom. The molecule has 1 aromatic carbocycles. The van der Waals surface area contributed by atoms with Gasteiger partial charge in [0.15, 0.2) is 0 Å². The van der Waals surface area contributed by atoms with Gasteiger partial charge in [0.1, 0.15) is 17.4 Å². The highest BCUT2D eigenvalue weighted by atomic mass is 19.1. The van der Waals surface area contributed by atoms with E-state index in [-0.39, 0.29) is 23.2 Å². The minimum atomic E-state index is -0.761. The first-order valence-corrected chi connectivity index (χ1v) is 4.15. The second-order valence-corrected chi connectivity index (χ2v) is 2.77. The molecule has 0 amide bonds. The van der Waals surface area contributed by atoms with Crippen LogP contribution < -0.4 is 5.73 Å². The summed E-state index contributed by atoms with van der Waals surface area (Å²) in [6.07, 6.45) is 0. The number of benzene rings is 1. The molecule has 0 heterocycles. The summed E-state index contributed by atoms with van der Waals surface area (Å²) >= 11 is 0. The molecule has 0 bridgehead atoms. The number of nitrogens with two attached hydrogens (primary N) is 1. The molecule has 1 aromatic rings. The van der Waals surface area contributed by atoms with E-state index < -0.39 is 11.8 Å². The van der Waals surface area contributed by atoms with Gasteiger partial charge >= 0.3 is 5.97 Å². The number of hydrogen-bond donors (Lipinski definition) is 1. The van der Waals surface area contributed by atoms with E-state index in [4.69, 9.17) is 11.0 Å². The minimum Gasteiger partial charge on any atom is -0.465 e. The highest BCUT2D eigenvalue weighted by molar-refractivity contribution is 5.92. The van der Waals surface area contributed by atoms with Gasteiger partial charge in [0.25, 0.3) is 0 Å². The summed E-state index contributed by atoms with van der Waals surface area (Å²) in [4.78, 5) is 11.2. The van der Waals surface area contributed by atoms with E-state index in [0.717, 1.165) is 7.11 Å². The lowest BCUT2D eigenvalue weighted by molar-refractivity contribution is 0.0600.